The molecule has 0 aromatic carbocycles. The van der Waals surface area contributed by atoms with E-state index in [1.54, 1.807) is 11.3 Å². The summed E-state index contributed by atoms with van der Waals surface area (Å²) in [6.07, 6.45) is 0.596. The maximum atomic E-state index is 11.6. The normalized spacial score (nSPS) is 13.2. The number of carbonyl (C=O) groups is 1. The molecule has 1 unspecified atom stereocenters. The number of thiophene rings is 1. The van der Waals surface area contributed by atoms with E-state index < -0.39 is 0 Å². The first-order valence-electron chi connectivity index (χ1n) is 4.38. The molecule has 0 aliphatic rings. The molecule has 2 nitrogen and oxygen atoms in total. The summed E-state index contributed by atoms with van der Waals surface area (Å²) in [7, 11) is 3.88. The van der Waals surface area contributed by atoms with Crippen LogP contribution in [0, 0.1) is 0 Å². The summed E-state index contributed by atoms with van der Waals surface area (Å²) in [6, 6.07) is 1.96. The fourth-order valence-electron chi connectivity index (χ4n) is 1.40. The van der Waals surface area contributed by atoms with Crippen LogP contribution in [-0.2, 0) is 4.79 Å². The van der Waals surface area contributed by atoms with Crippen molar-refractivity contribution in [2.45, 2.75) is 19.4 Å². The zero-order chi connectivity index (χ0) is 9.84. The number of ketones is 1. The first kappa shape index (κ1) is 10.4. The lowest BCUT2D eigenvalue weighted by atomic mass is 10.0. The zero-order valence-corrected chi connectivity index (χ0v) is 9.10. The van der Waals surface area contributed by atoms with E-state index in [4.69, 9.17) is 0 Å². The van der Waals surface area contributed by atoms with Crippen LogP contribution >= 0.6 is 11.3 Å². The van der Waals surface area contributed by atoms with Gasteiger partial charge in [0.05, 0.1) is 6.04 Å². The summed E-state index contributed by atoms with van der Waals surface area (Å²) < 4.78 is 0. The van der Waals surface area contributed by atoms with Gasteiger partial charge in [0, 0.05) is 6.42 Å². The van der Waals surface area contributed by atoms with E-state index in [0.29, 0.717) is 6.42 Å². The molecular formula is C10H15NOS. The predicted octanol–water partition coefficient (Wildman–Crippen LogP) is 2.33. The number of hydrogen-bond acceptors (Lipinski definition) is 3. The molecule has 0 aliphatic carbocycles. The molecule has 0 N–H and O–H groups in total. The largest absolute Gasteiger partial charge is 0.298 e. The minimum atomic E-state index is -0.0590. The van der Waals surface area contributed by atoms with Gasteiger partial charge in [-0.3, -0.25) is 9.69 Å². The highest BCUT2D eigenvalue weighted by Crippen LogP contribution is 2.22. The minimum Gasteiger partial charge on any atom is -0.298 e. The molecule has 0 aliphatic heterocycles. The van der Waals surface area contributed by atoms with Crippen molar-refractivity contribution < 1.29 is 4.79 Å². The molecule has 0 bridgehead atoms. The quantitative estimate of drug-likeness (QED) is 0.738. The van der Waals surface area contributed by atoms with Crippen LogP contribution in [0.2, 0.25) is 0 Å². The average Bonchev–Trinajstić information content (AvgIpc) is 2.56. The Labute approximate surface area is 83.2 Å². The van der Waals surface area contributed by atoms with E-state index >= 15 is 0 Å². The lowest BCUT2D eigenvalue weighted by molar-refractivity contribution is -0.123. The predicted molar refractivity (Wildman–Crippen MR) is 56.0 cm³/mol. The maximum Gasteiger partial charge on any atom is 0.154 e. The van der Waals surface area contributed by atoms with Crippen molar-refractivity contribution in [3.8, 4) is 0 Å². The van der Waals surface area contributed by atoms with Gasteiger partial charge < -0.3 is 0 Å². The Bertz CT molecular complexity index is 266. The summed E-state index contributed by atoms with van der Waals surface area (Å²) in [5.74, 6) is 0.281. The molecular weight excluding hydrogens is 182 g/mol. The Kier molecular flexibility index (Phi) is 3.63. The fraction of sp³-hybridized carbons (Fsp3) is 0.500. The van der Waals surface area contributed by atoms with Gasteiger partial charge in [0.25, 0.3) is 0 Å². The van der Waals surface area contributed by atoms with Crippen molar-refractivity contribution in [3.63, 3.8) is 0 Å². The van der Waals surface area contributed by atoms with Crippen molar-refractivity contribution in [2.75, 3.05) is 14.1 Å². The van der Waals surface area contributed by atoms with E-state index in [0.717, 1.165) is 5.56 Å². The molecule has 0 spiro atoms. The summed E-state index contributed by atoms with van der Waals surface area (Å²) >= 11 is 1.63. The second kappa shape index (κ2) is 4.53. The molecule has 0 saturated carbocycles. The molecule has 1 rings (SSSR count). The number of hydrogen-bond donors (Lipinski definition) is 0. The minimum absolute atomic E-state index is 0.0590. The Hall–Kier alpha value is -0.670. The van der Waals surface area contributed by atoms with Gasteiger partial charge in [-0.05, 0) is 36.5 Å². The van der Waals surface area contributed by atoms with Crippen molar-refractivity contribution in [2.24, 2.45) is 0 Å². The molecule has 1 aromatic heterocycles. The first-order valence-corrected chi connectivity index (χ1v) is 5.32. The highest BCUT2D eigenvalue weighted by molar-refractivity contribution is 7.08. The van der Waals surface area contributed by atoms with Crippen LogP contribution in [0.15, 0.2) is 16.8 Å². The van der Waals surface area contributed by atoms with Crippen molar-refractivity contribution >= 4 is 17.1 Å². The molecule has 0 radical (unpaired) electrons. The highest BCUT2D eigenvalue weighted by Gasteiger charge is 2.20. The van der Waals surface area contributed by atoms with Crippen molar-refractivity contribution in [1.29, 1.82) is 0 Å². The third kappa shape index (κ3) is 2.39. The van der Waals surface area contributed by atoms with Crippen LogP contribution in [0.25, 0.3) is 0 Å². The molecule has 0 amide bonds. The van der Waals surface area contributed by atoms with Gasteiger partial charge in [-0.1, -0.05) is 6.92 Å². The Morgan fingerprint density at radius 3 is 2.69 bits per heavy atom. The summed E-state index contributed by atoms with van der Waals surface area (Å²) in [5, 5.41) is 4.05. The maximum absolute atomic E-state index is 11.6. The second-order valence-electron chi connectivity index (χ2n) is 3.24. The SMILES string of the molecule is CCC(=O)C(c1ccsc1)N(C)C. The van der Waals surface area contributed by atoms with Crippen molar-refractivity contribution in [1.82, 2.24) is 4.90 Å². The Morgan fingerprint density at radius 1 is 1.62 bits per heavy atom. The molecule has 1 heterocycles. The van der Waals surface area contributed by atoms with E-state index in [1.165, 1.54) is 0 Å². The van der Waals surface area contributed by atoms with Gasteiger partial charge in [0.15, 0.2) is 5.78 Å². The lowest BCUT2D eigenvalue weighted by Crippen LogP contribution is -2.26. The van der Waals surface area contributed by atoms with Crippen LogP contribution in [-0.4, -0.2) is 24.8 Å². The average molecular weight is 197 g/mol. The Morgan fingerprint density at radius 2 is 2.31 bits per heavy atom. The monoisotopic (exact) mass is 197 g/mol. The number of Topliss-reactive ketones (excluding diaryl/α,β-unsaturated/α-hetero) is 1. The zero-order valence-electron chi connectivity index (χ0n) is 8.28. The van der Waals surface area contributed by atoms with Crippen LogP contribution in [0.5, 0.6) is 0 Å². The number of likely N-dealkylation sites (N-methyl/N-ethyl adjacent to an activating group) is 1. The van der Waals surface area contributed by atoms with Gasteiger partial charge in [-0.15, -0.1) is 0 Å². The number of carbonyl (C=O) groups excluding carboxylic acids is 1. The fourth-order valence-corrected chi connectivity index (χ4v) is 2.07. The topological polar surface area (TPSA) is 20.3 Å². The van der Waals surface area contributed by atoms with Gasteiger partial charge in [-0.25, -0.2) is 0 Å². The molecule has 1 aromatic rings. The smallest absolute Gasteiger partial charge is 0.154 e. The van der Waals surface area contributed by atoms with Crippen LogP contribution in [0.4, 0.5) is 0 Å². The third-order valence-corrected chi connectivity index (χ3v) is 2.73. The molecule has 3 heteroatoms. The number of nitrogens with zero attached hydrogens (tertiary/aromatic N) is 1. The summed E-state index contributed by atoms with van der Waals surface area (Å²) in [5.41, 5.74) is 1.11. The standard InChI is InChI=1S/C10H15NOS/c1-4-9(12)10(11(2)3)8-5-6-13-7-8/h5-7,10H,4H2,1-3H3. The van der Waals surface area contributed by atoms with E-state index in [9.17, 15) is 4.79 Å². The van der Waals surface area contributed by atoms with Gasteiger partial charge in [-0.2, -0.15) is 11.3 Å². The lowest BCUT2D eigenvalue weighted by Gasteiger charge is -2.21. The third-order valence-electron chi connectivity index (χ3n) is 2.03. The van der Waals surface area contributed by atoms with Crippen molar-refractivity contribution in [3.05, 3.63) is 22.4 Å². The first-order chi connectivity index (χ1) is 6.16. The molecule has 0 saturated heterocycles. The van der Waals surface area contributed by atoms with Crippen LogP contribution in [0.1, 0.15) is 24.9 Å². The van der Waals surface area contributed by atoms with Gasteiger partial charge >= 0.3 is 0 Å². The van der Waals surface area contributed by atoms with Crippen LogP contribution in [0.3, 0.4) is 0 Å². The molecule has 72 valence electrons. The van der Waals surface area contributed by atoms with E-state index in [-0.39, 0.29) is 11.8 Å². The highest BCUT2D eigenvalue weighted by atomic mass is 32.1. The second-order valence-corrected chi connectivity index (χ2v) is 4.02. The van der Waals surface area contributed by atoms with E-state index in [2.05, 4.69) is 0 Å². The summed E-state index contributed by atoms with van der Waals surface area (Å²) in [6.45, 7) is 1.91. The Balaban J connectivity index is 2.87. The number of rotatable bonds is 4. The molecule has 1 atom stereocenters. The van der Waals surface area contributed by atoms with E-state index in [1.807, 2.05) is 42.7 Å². The molecule has 13 heavy (non-hydrogen) atoms. The molecule has 0 fully saturated rings. The summed E-state index contributed by atoms with van der Waals surface area (Å²) in [4.78, 5) is 13.6. The van der Waals surface area contributed by atoms with Crippen LogP contribution < -0.4 is 0 Å². The van der Waals surface area contributed by atoms with Gasteiger partial charge in [0.1, 0.15) is 0 Å². The van der Waals surface area contributed by atoms with Gasteiger partial charge in [0.2, 0.25) is 0 Å².